The number of carbonyl (C=O) groups is 2. The first-order valence-corrected chi connectivity index (χ1v) is 13.2. The normalized spacial score (nSPS) is 12.2. The molecule has 0 unspecified atom stereocenters. The van der Waals surface area contributed by atoms with Crippen LogP contribution in [-0.4, -0.2) is 28.6 Å². The Morgan fingerprint density at radius 3 is 2.40 bits per heavy atom. The second-order valence-corrected chi connectivity index (χ2v) is 9.84. The van der Waals surface area contributed by atoms with Crippen molar-refractivity contribution in [3.05, 3.63) is 125 Å². The Morgan fingerprint density at radius 1 is 0.907 bits per heavy atom. The maximum atomic E-state index is 14.4. The Bertz CT molecular complexity index is 1820. The van der Waals surface area contributed by atoms with Crippen LogP contribution in [-0.2, 0) is 23.9 Å². The van der Waals surface area contributed by atoms with E-state index in [2.05, 4.69) is 15.7 Å². The molecule has 0 spiro atoms. The molecule has 6 nitrogen and oxygen atoms in total. The molecule has 5 rings (SSSR count). The van der Waals surface area contributed by atoms with Crippen molar-refractivity contribution in [1.82, 2.24) is 20.4 Å². The Morgan fingerprint density at radius 2 is 1.65 bits per heavy atom. The summed E-state index contributed by atoms with van der Waals surface area (Å²) in [4.78, 5) is 25.7. The summed E-state index contributed by atoms with van der Waals surface area (Å²) in [5.74, 6) is -2.45. The topological polar surface area (TPSA) is 76.0 Å². The van der Waals surface area contributed by atoms with E-state index in [1.165, 1.54) is 55.6 Å². The van der Waals surface area contributed by atoms with Gasteiger partial charge in [-0.1, -0.05) is 60.7 Å². The third kappa shape index (κ3) is 6.40. The highest BCUT2D eigenvalue weighted by atomic mass is 19.4. The predicted octanol–water partition coefficient (Wildman–Crippen LogP) is 6.46. The number of carbonyl (C=O) groups excluding carboxylic acids is 2. The maximum Gasteiger partial charge on any atom is 0.435 e. The fraction of sp³-hybridized carbons (Fsp3) is 0.156. The quantitative estimate of drug-likeness (QED) is 0.203. The highest BCUT2D eigenvalue weighted by molar-refractivity contribution is 5.95. The molecule has 43 heavy (non-hydrogen) atoms. The number of nitrogens with zero attached hydrogens (tertiary/aromatic N) is 2. The number of amides is 2. The monoisotopic (exact) mass is 592 g/mol. The van der Waals surface area contributed by atoms with Gasteiger partial charge in [0, 0.05) is 12.4 Å². The minimum Gasteiger partial charge on any atom is -0.355 e. The van der Waals surface area contributed by atoms with Crippen LogP contribution in [0.3, 0.4) is 0 Å². The molecule has 0 aliphatic rings. The third-order valence-corrected chi connectivity index (χ3v) is 6.97. The van der Waals surface area contributed by atoms with Gasteiger partial charge >= 0.3 is 6.18 Å². The van der Waals surface area contributed by atoms with Crippen LogP contribution in [0.1, 0.15) is 33.2 Å². The number of halogens is 5. The molecule has 1 aromatic heterocycles. The molecule has 11 heteroatoms. The molecule has 0 fully saturated rings. The zero-order valence-corrected chi connectivity index (χ0v) is 22.8. The lowest BCUT2D eigenvalue weighted by atomic mass is 9.90. The number of hydrogen-bond donors (Lipinski definition) is 2. The number of hydrogen-bond acceptors (Lipinski definition) is 3. The van der Waals surface area contributed by atoms with E-state index in [0.29, 0.717) is 22.3 Å². The zero-order chi connectivity index (χ0) is 30.7. The number of aromatic nitrogens is 2. The third-order valence-electron chi connectivity index (χ3n) is 6.97. The van der Waals surface area contributed by atoms with Crippen molar-refractivity contribution in [3.63, 3.8) is 0 Å². The Hall–Kier alpha value is -5.06. The molecule has 4 aromatic carbocycles. The summed E-state index contributed by atoms with van der Waals surface area (Å²) in [6.45, 7) is -0.518. The van der Waals surface area contributed by atoms with E-state index in [-0.39, 0.29) is 22.9 Å². The van der Waals surface area contributed by atoms with Crippen molar-refractivity contribution in [2.45, 2.75) is 25.2 Å². The molecule has 2 amide bonds. The van der Waals surface area contributed by atoms with Crippen LogP contribution in [0, 0.1) is 11.6 Å². The van der Waals surface area contributed by atoms with E-state index < -0.39 is 47.9 Å². The molecular weight excluding hydrogens is 567 g/mol. The predicted molar refractivity (Wildman–Crippen MR) is 151 cm³/mol. The fourth-order valence-corrected chi connectivity index (χ4v) is 5.04. The summed E-state index contributed by atoms with van der Waals surface area (Å²) in [7, 11) is 1.38. The van der Waals surface area contributed by atoms with Crippen molar-refractivity contribution >= 4 is 22.7 Å². The molecule has 220 valence electrons. The molecule has 0 radical (unpaired) electrons. The van der Waals surface area contributed by atoms with Gasteiger partial charge in [0.1, 0.15) is 18.2 Å². The molecule has 0 aliphatic heterocycles. The first-order valence-electron chi connectivity index (χ1n) is 13.2. The van der Waals surface area contributed by atoms with E-state index >= 15 is 0 Å². The SMILES string of the molecule is CNC(=O)c1cc(-c2ccccc2[C@H](Cc2cccc(F)c2)NC(=O)Cn2nc(C(F)(F)F)c3ccccc32)ccc1F. The molecule has 0 saturated carbocycles. The number of para-hydroxylation sites is 1. The average molecular weight is 593 g/mol. The molecule has 1 atom stereocenters. The summed E-state index contributed by atoms with van der Waals surface area (Å²) in [5, 5.41) is 8.83. The van der Waals surface area contributed by atoms with Gasteiger partial charge in [0.15, 0.2) is 5.69 Å². The summed E-state index contributed by atoms with van der Waals surface area (Å²) in [6.07, 6.45) is -4.60. The highest BCUT2D eigenvalue weighted by Gasteiger charge is 2.37. The van der Waals surface area contributed by atoms with Gasteiger partial charge in [0.2, 0.25) is 5.91 Å². The van der Waals surface area contributed by atoms with Gasteiger partial charge in [0.25, 0.3) is 5.91 Å². The van der Waals surface area contributed by atoms with Crippen LogP contribution in [0.5, 0.6) is 0 Å². The van der Waals surface area contributed by atoms with Gasteiger partial charge in [-0.15, -0.1) is 0 Å². The van der Waals surface area contributed by atoms with E-state index in [4.69, 9.17) is 0 Å². The smallest absolute Gasteiger partial charge is 0.355 e. The first-order chi connectivity index (χ1) is 20.5. The van der Waals surface area contributed by atoms with Gasteiger partial charge in [-0.2, -0.15) is 18.3 Å². The summed E-state index contributed by atoms with van der Waals surface area (Å²) in [5.41, 5.74) is 1.04. The molecule has 5 aromatic rings. The van der Waals surface area contributed by atoms with Crippen LogP contribution in [0.2, 0.25) is 0 Å². The van der Waals surface area contributed by atoms with Gasteiger partial charge in [-0.3, -0.25) is 14.3 Å². The number of benzene rings is 4. The first kappa shape index (κ1) is 29.4. The standard InChI is InChI=1S/C32H25F5N4O2/c1-38-31(43)25-17-20(13-14-26(25)34)22-9-2-3-10-23(22)27(16-19-7-6-8-21(33)15-19)39-29(42)18-41-28-12-5-4-11-24(28)30(40-41)32(35,36)37/h2-15,17,27H,16,18H2,1H3,(H,38,43)(H,39,42)/t27-/m0/s1. The van der Waals surface area contributed by atoms with Crippen molar-refractivity contribution in [3.8, 4) is 11.1 Å². The zero-order valence-electron chi connectivity index (χ0n) is 22.8. The molecule has 0 bridgehead atoms. The largest absolute Gasteiger partial charge is 0.435 e. The van der Waals surface area contributed by atoms with E-state index in [0.717, 1.165) is 10.7 Å². The lowest BCUT2D eigenvalue weighted by molar-refractivity contribution is -0.140. The second-order valence-electron chi connectivity index (χ2n) is 9.84. The summed E-state index contributed by atoms with van der Waals surface area (Å²) in [6, 6.07) is 21.7. The van der Waals surface area contributed by atoms with Gasteiger partial charge < -0.3 is 10.6 Å². The highest BCUT2D eigenvalue weighted by Crippen LogP contribution is 2.34. The number of rotatable bonds is 8. The lowest BCUT2D eigenvalue weighted by Gasteiger charge is -2.23. The van der Waals surface area contributed by atoms with Crippen molar-refractivity contribution in [2.75, 3.05) is 7.05 Å². The van der Waals surface area contributed by atoms with Gasteiger partial charge in [0.05, 0.1) is 17.1 Å². The van der Waals surface area contributed by atoms with Crippen LogP contribution in [0.15, 0.2) is 91.0 Å². The van der Waals surface area contributed by atoms with Gasteiger partial charge in [-0.25, -0.2) is 8.78 Å². The number of fused-ring (bicyclic) bond motifs is 1. The molecule has 1 heterocycles. The Labute approximate surface area is 243 Å². The lowest BCUT2D eigenvalue weighted by Crippen LogP contribution is -2.33. The van der Waals surface area contributed by atoms with Crippen molar-refractivity contribution < 1.29 is 31.5 Å². The van der Waals surface area contributed by atoms with E-state index in [1.807, 2.05) is 0 Å². The van der Waals surface area contributed by atoms with Crippen LogP contribution < -0.4 is 10.6 Å². The number of nitrogens with one attached hydrogen (secondary N) is 2. The minimum atomic E-state index is -4.72. The van der Waals surface area contributed by atoms with E-state index in [9.17, 15) is 31.5 Å². The van der Waals surface area contributed by atoms with Crippen molar-refractivity contribution in [2.24, 2.45) is 0 Å². The Kier molecular flexibility index (Phi) is 8.24. The van der Waals surface area contributed by atoms with E-state index in [1.54, 1.807) is 36.4 Å². The minimum absolute atomic E-state index is 0.123. The summed E-state index contributed by atoms with van der Waals surface area (Å²) >= 11 is 0. The molecule has 2 N–H and O–H groups in total. The fourth-order valence-electron chi connectivity index (χ4n) is 5.04. The Balaban J connectivity index is 1.53. The van der Waals surface area contributed by atoms with Crippen LogP contribution in [0.25, 0.3) is 22.0 Å². The molecule has 0 aliphatic carbocycles. The van der Waals surface area contributed by atoms with Gasteiger partial charge in [-0.05, 0) is 59.0 Å². The number of alkyl halides is 3. The second kappa shape index (κ2) is 12.0. The van der Waals surface area contributed by atoms with Crippen LogP contribution in [0.4, 0.5) is 22.0 Å². The van der Waals surface area contributed by atoms with Crippen LogP contribution >= 0.6 is 0 Å². The molecular formula is C32H25F5N4O2. The maximum absolute atomic E-state index is 14.4. The van der Waals surface area contributed by atoms with Crippen molar-refractivity contribution in [1.29, 1.82) is 0 Å². The molecule has 0 saturated heterocycles. The average Bonchev–Trinajstić information content (AvgIpc) is 3.35. The summed E-state index contributed by atoms with van der Waals surface area (Å²) < 4.78 is 70.5.